The summed E-state index contributed by atoms with van der Waals surface area (Å²) in [5.74, 6) is 0. The summed E-state index contributed by atoms with van der Waals surface area (Å²) in [5, 5.41) is 10.4. The van der Waals surface area contributed by atoms with E-state index in [0.717, 1.165) is 0 Å². The second-order valence-corrected chi connectivity index (χ2v) is 15.9. The molecular formula is C48H28N2S2. The van der Waals surface area contributed by atoms with Crippen molar-refractivity contribution in [2.24, 2.45) is 0 Å². The van der Waals surface area contributed by atoms with Crippen molar-refractivity contribution in [3.05, 3.63) is 170 Å². The fraction of sp³-hybridized carbons (Fsp3) is 0. The van der Waals surface area contributed by atoms with Crippen LogP contribution >= 0.6 is 22.7 Å². The number of aromatic nitrogens is 2. The highest BCUT2D eigenvalue weighted by Crippen LogP contribution is 2.43. The van der Waals surface area contributed by atoms with Crippen molar-refractivity contribution in [2.45, 2.75) is 0 Å². The highest BCUT2D eigenvalue weighted by Gasteiger charge is 2.17. The van der Waals surface area contributed by atoms with Crippen LogP contribution in [0.4, 0.5) is 0 Å². The fourth-order valence-electron chi connectivity index (χ4n) is 8.56. The SMILES string of the molecule is c1ccc(-n2c3ccccc3c3cc(-c4ccc5c(c4)c4ccccc4n5-c4ccc5sc6cc7c(cc6c5c4)sc4ccccc47)ccc32)cc1. The molecule has 0 saturated heterocycles. The first-order valence-electron chi connectivity index (χ1n) is 17.7. The summed E-state index contributed by atoms with van der Waals surface area (Å²) >= 11 is 3.79. The summed E-state index contributed by atoms with van der Waals surface area (Å²) in [6.45, 7) is 0. The topological polar surface area (TPSA) is 9.86 Å². The van der Waals surface area contributed by atoms with Crippen molar-refractivity contribution in [2.75, 3.05) is 0 Å². The Labute approximate surface area is 306 Å². The Kier molecular flexibility index (Phi) is 5.84. The largest absolute Gasteiger partial charge is 0.309 e. The quantitative estimate of drug-likeness (QED) is 0.174. The van der Waals surface area contributed by atoms with Crippen LogP contribution in [0.5, 0.6) is 0 Å². The number of nitrogens with zero attached hydrogens (tertiary/aromatic N) is 2. The number of para-hydroxylation sites is 3. The lowest BCUT2D eigenvalue weighted by Gasteiger charge is -2.10. The minimum absolute atomic E-state index is 1.18. The average Bonchev–Trinajstić information content (AvgIpc) is 3.94. The van der Waals surface area contributed by atoms with Gasteiger partial charge in [0, 0.05) is 73.3 Å². The van der Waals surface area contributed by atoms with E-state index >= 15 is 0 Å². The van der Waals surface area contributed by atoms with E-state index in [4.69, 9.17) is 0 Å². The van der Waals surface area contributed by atoms with Gasteiger partial charge in [-0.1, -0.05) is 84.9 Å². The lowest BCUT2D eigenvalue weighted by atomic mass is 10.0. The van der Waals surface area contributed by atoms with E-state index in [-0.39, 0.29) is 0 Å². The monoisotopic (exact) mass is 696 g/mol. The van der Waals surface area contributed by atoms with Crippen LogP contribution in [-0.4, -0.2) is 9.13 Å². The summed E-state index contributed by atoms with van der Waals surface area (Å²) in [6.07, 6.45) is 0. The Balaban J connectivity index is 1.03. The fourth-order valence-corrected chi connectivity index (χ4v) is 10.8. The molecule has 242 valence electrons. The van der Waals surface area contributed by atoms with E-state index in [9.17, 15) is 0 Å². The van der Waals surface area contributed by atoms with E-state index in [1.54, 1.807) is 0 Å². The van der Waals surface area contributed by atoms with Crippen LogP contribution in [0, 0.1) is 0 Å². The van der Waals surface area contributed by atoms with Gasteiger partial charge in [0.05, 0.1) is 22.1 Å². The standard InChI is InChI=1S/C48H28N2S2/c1-2-10-31(11-3-1)49-41-15-7-4-12-33(41)36-24-29(18-21-43(36)49)30-19-22-44-37(25-30)34-13-5-8-16-42(34)50(44)32-20-23-46-38(26-32)40-28-47-39(27-48(40)52-46)35-14-6-9-17-45(35)51-47/h1-28H. The minimum atomic E-state index is 1.18. The van der Waals surface area contributed by atoms with Crippen molar-refractivity contribution in [3.8, 4) is 22.5 Å². The number of hydrogen-bond donors (Lipinski definition) is 0. The highest BCUT2D eigenvalue weighted by molar-refractivity contribution is 7.27. The van der Waals surface area contributed by atoms with Gasteiger partial charge >= 0.3 is 0 Å². The predicted octanol–water partition coefficient (Wildman–Crippen LogP) is 14.3. The zero-order chi connectivity index (χ0) is 33.9. The molecule has 12 aromatic rings. The lowest BCUT2D eigenvalue weighted by molar-refractivity contribution is 1.18. The van der Waals surface area contributed by atoms with Crippen LogP contribution in [0.25, 0.3) is 106 Å². The molecule has 0 aliphatic carbocycles. The normalized spacial score (nSPS) is 12.2. The number of rotatable bonds is 3. The molecule has 0 aliphatic heterocycles. The number of fused-ring (bicyclic) bond motifs is 12. The molecule has 0 spiro atoms. The molecule has 0 bridgehead atoms. The molecule has 0 saturated carbocycles. The van der Waals surface area contributed by atoms with Crippen molar-refractivity contribution in [1.82, 2.24) is 9.13 Å². The first-order valence-corrected chi connectivity index (χ1v) is 19.3. The van der Waals surface area contributed by atoms with E-state index in [2.05, 4.69) is 179 Å². The molecule has 12 rings (SSSR count). The van der Waals surface area contributed by atoms with Crippen molar-refractivity contribution >= 4 is 107 Å². The van der Waals surface area contributed by atoms with Gasteiger partial charge in [-0.2, -0.15) is 0 Å². The first-order chi connectivity index (χ1) is 25.8. The molecule has 8 aromatic carbocycles. The number of thiophene rings is 2. The van der Waals surface area contributed by atoms with Crippen molar-refractivity contribution in [1.29, 1.82) is 0 Å². The summed E-state index contributed by atoms with van der Waals surface area (Å²) < 4.78 is 10.2. The van der Waals surface area contributed by atoms with Crippen LogP contribution < -0.4 is 0 Å². The van der Waals surface area contributed by atoms with Gasteiger partial charge in [-0.3, -0.25) is 0 Å². The van der Waals surface area contributed by atoms with Gasteiger partial charge in [0.1, 0.15) is 0 Å². The third kappa shape index (κ3) is 3.99. The van der Waals surface area contributed by atoms with Gasteiger partial charge in [0.15, 0.2) is 0 Å². The Bertz CT molecular complexity index is 3410. The summed E-state index contributed by atoms with van der Waals surface area (Å²) in [6, 6.07) is 62.9. The maximum atomic E-state index is 2.45. The van der Waals surface area contributed by atoms with E-state index < -0.39 is 0 Å². The molecule has 2 nitrogen and oxygen atoms in total. The predicted molar refractivity (Wildman–Crippen MR) is 226 cm³/mol. The van der Waals surface area contributed by atoms with Crippen LogP contribution in [0.15, 0.2) is 170 Å². The third-order valence-electron chi connectivity index (χ3n) is 10.9. The Hall–Kier alpha value is -6.20. The van der Waals surface area contributed by atoms with Gasteiger partial charge in [-0.05, 0) is 96.1 Å². The van der Waals surface area contributed by atoms with E-state index in [1.165, 1.54) is 106 Å². The minimum Gasteiger partial charge on any atom is -0.309 e. The third-order valence-corrected chi connectivity index (χ3v) is 13.2. The highest BCUT2D eigenvalue weighted by atomic mass is 32.1. The van der Waals surface area contributed by atoms with Gasteiger partial charge < -0.3 is 9.13 Å². The molecule has 4 aromatic heterocycles. The molecule has 0 fully saturated rings. The molecule has 0 aliphatic rings. The summed E-state index contributed by atoms with van der Waals surface area (Å²) in [7, 11) is 0. The second kappa shape index (κ2) is 10.7. The van der Waals surface area contributed by atoms with Gasteiger partial charge in [0.25, 0.3) is 0 Å². The second-order valence-electron chi connectivity index (χ2n) is 13.7. The van der Waals surface area contributed by atoms with Crippen LogP contribution in [-0.2, 0) is 0 Å². The Morgan fingerprint density at radius 3 is 1.40 bits per heavy atom. The summed E-state index contributed by atoms with van der Waals surface area (Å²) in [5.41, 5.74) is 9.71. The van der Waals surface area contributed by atoms with Gasteiger partial charge in [-0.15, -0.1) is 22.7 Å². The van der Waals surface area contributed by atoms with Gasteiger partial charge in [0.2, 0.25) is 0 Å². The first kappa shape index (κ1) is 28.5. The molecule has 0 amide bonds. The molecule has 0 N–H and O–H groups in total. The molecule has 4 heterocycles. The van der Waals surface area contributed by atoms with Crippen molar-refractivity contribution in [3.63, 3.8) is 0 Å². The van der Waals surface area contributed by atoms with Gasteiger partial charge in [-0.25, -0.2) is 0 Å². The molecule has 0 atom stereocenters. The Morgan fingerprint density at radius 1 is 0.269 bits per heavy atom. The van der Waals surface area contributed by atoms with Crippen LogP contribution in [0.3, 0.4) is 0 Å². The van der Waals surface area contributed by atoms with Crippen LogP contribution in [0.1, 0.15) is 0 Å². The zero-order valence-electron chi connectivity index (χ0n) is 27.9. The Morgan fingerprint density at radius 2 is 0.750 bits per heavy atom. The van der Waals surface area contributed by atoms with Crippen molar-refractivity contribution < 1.29 is 0 Å². The maximum Gasteiger partial charge on any atom is 0.0541 e. The molecular weight excluding hydrogens is 669 g/mol. The molecule has 0 radical (unpaired) electrons. The lowest BCUT2D eigenvalue weighted by Crippen LogP contribution is -1.93. The van der Waals surface area contributed by atoms with E-state index in [0.29, 0.717) is 0 Å². The molecule has 0 unspecified atom stereocenters. The maximum absolute atomic E-state index is 2.45. The number of benzene rings is 8. The van der Waals surface area contributed by atoms with Crippen LogP contribution in [0.2, 0.25) is 0 Å². The van der Waals surface area contributed by atoms with E-state index in [1.807, 2.05) is 22.7 Å². The summed E-state index contributed by atoms with van der Waals surface area (Å²) in [4.78, 5) is 0. The zero-order valence-corrected chi connectivity index (χ0v) is 29.5. The molecule has 4 heteroatoms. The smallest absolute Gasteiger partial charge is 0.0541 e. The average molecular weight is 697 g/mol. The molecule has 52 heavy (non-hydrogen) atoms. The number of hydrogen-bond acceptors (Lipinski definition) is 2.